The zero-order valence-corrected chi connectivity index (χ0v) is 24.3. The standard InChI is InChI=1S/C20H40N10O2P2/c1-23(2)33(24(3)4,25(5)6)21-17-13-15-29(31)20-19(17)18(14-16-30(20)32)22-34(26(7)8,27(9)10)28(11)12/h13-16H,1-12H3. The van der Waals surface area contributed by atoms with E-state index in [9.17, 15) is 10.4 Å². The monoisotopic (exact) mass is 514 g/mol. The van der Waals surface area contributed by atoms with E-state index >= 15 is 0 Å². The number of hydrogen-bond acceptors (Lipinski definition) is 4. The highest BCUT2D eigenvalue weighted by Crippen LogP contribution is 2.60. The fourth-order valence-electron chi connectivity index (χ4n) is 4.40. The molecule has 0 saturated carbocycles. The van der Waals surface area contributed by atoms with Crippen LogP contribution in [-0.4, -0.2) is 113 Å². The Labute approximate surface area is 204 Å². The Morgan fingerprint density at radius 1 is 0.559 bits per heavy atom. The van der Waals surface area contributed by atoms with E-state index in [1.807, 2.05) is 84.6 Å². The van der Waals surface area contributed by atoms with E-state index < -0.39 is 15.0 Å². The third kappa shape index (κ3) is 4.74. The minimum absolute atomic E-state index is 0.0359. The molecule has 0 aliphatic carbocycles. The van der Waals surface area contributed by atoms with Gasteiger partial charge in [0.25, 0.3) is 0 Å². The van der Waals surface area contributed by atoms with Crippen molar-refractivity contribution in [3.8, 4) is 0 Å². The third-order valence-electron chi connectivity index (χ3n) is 5.59. The average Bonchev–Trinajstić information content (AvgIpc) is 2.70. The summed E-state index contributed by atoms with van der Waals surface area (Å²) in [6, 6.07) is 3.33. The van der Waals surface area contributed by atoms with Crippen LogP contribution in [-0.2, 0) is 0 Å². The molecule has 0 aliphatic heterocycles. The summed E-state index contributed by atoms with van der Waals surface area (Å²) >= 11 is 0. The van der Waals surface area contributed by atoms with Crippen molar-refractivity contribution in [1.29, 1.82) is 0 Å². The van der Waals surface area contributed by atoms with Crippen molar-refractivity contribution in [2.45, 2.75) is 0 Å². The van der Waals surface area contributed by atoms with E-state index in [1.54, 1.807) is 12.1 Å². The van der Waals surface area contributed by atoms with Gasteiger partial charge in [0, 0.05) is 12.1 Å². The van der Waals surface area contributed by atoms with Crippen LogP contribution >= 0.6 is 15.0 Å². The Bertz CT molecular complexity index is 1000. The molecule has 34 heavy (non-hydrogen) atoms. The molecule has 0 atom stereocenters. The smallest absolute Gasteiger partial charge is 0.478 e. The van der Waals surface area contributed by atoms with Crippen molar-refractivity contribution in [1.82, 2.24) is 28.0 Å². The fraction of sp³-hybridized carbons (Fsp3) is 0.600. The fourth-order valence-corrected chi connectivity index (χ4v) is 10.7. The molecule has 14 heteroatoms. The molecule has 2 aromatic rings. The molecule has 0 amide bonds. The molecule has 0 unspecified atom stereocenters. The van der Waals surface area contributed by atoms with Crippen LogP contribution < -0.4 is 9.46 Å². The molecule has 0 bridgehead atoms. The van der Waals surface area contributed by atoms with Crippen LogP contribution in [0, 0.1) is 10.4 Å². The lowest BCUT2D eigenvalue weighted by molar-refractivity contribution is -0.691. The lowest BCUT2D eigenvalue weighted by atomic mass is 10.2. The Hall–Kier alpha value is -1.62. The van der Waals surface area contributed by atoms with Crippen molar-refractivity contribution in [2.75, 3.05) is 84.6 Å². The molecular weight excluding hydrogens is 474 g/mol. The predicted octanol–water partition coefficient (Wildman–Crippen LogP) is 2.63. The molecule has 12 nitrogen and oxygen atoms in total. The third-order valence-corrected chi connectivity index (χ3v) is 13.0. The molecule has 2 aromatic heterocycles. The van der Waals surface area contributed by atoms with E-state index in [4.69, 9.17) is 9.49 Å². The van der Waals surface area contributed by atoms with Crippen LogP contribution in [0.25, 0.3) is 11.0 Å². The summed E-state index contributed by atoms with van der Waals surface area (Å²) in [5.41, 5.74) is 1.06. The maximum atomic E-state index is 12.8. The zero-order chi connectivity index (χ0) is 26.2. The normalized spacial score (nSPS) is 13.4. The summed E-state index contributed by atoms with van der Waals surface area (Å²) in [5.74, 6) is 0. The van der Waals surface area contributed by atoms with Crippen LogP contribution in [0.15, 0.2) is 34.0 Å². The van der Waals surface area contributed by atoms with E-state index in [0.717, 1.165) is 0 Å². The van der Waals surface area contributed by atoms with Crippen LogP contribution in [0.5, 0.6) is 0 Å². The molecule has 2 heterocycles. The lowest BCUT2D eigenvalue weighted by Gasteiger charge is -2.41. The number of nitrogens with zero attached hydrogens (tertiary/aromatic N) is 10. The van der Waals surface area contributed by atoms with Gasteiger partial charge in [-0.3, -0.25) is 28.0 Å². The average molecular weight is 515 g/mol. The number of fused-ring (bicyclic) bond motifs is 1. The van der Waals surface area contributed by atoms with Gasteiger partial charge < -0.3 is 10.4 Å². The molecule has 0 aliphatic rings. The van der Waals surface area contributed by atoms with Gasteiger partial charge in [0.2, 0.25) is 0 Å². The summed E-state index contributed by atoms with van der Waals surface area (Å²) in [4.78, 5) is 0. The minimum atomic E-state index is -2.36. The Morgan fingerprint density at radius 2 is 0.824 bits per heavy atom. The van der Waals surface area contributed by atoms with E-state index in [-0.39, 0.29) is 5.65 Å². The van der Waals surface area contributed by atoms with Crippen molar-refractivity contribution < 1.29 is 9.46 Å². The van der Waals surface area contributed by atoms with Crippen LogP contribution in [0.4, 0.5) is 11.4 Å². The largest absolute Gasteiger partial charge is 0.614 e. The predicted molar refractivity (Wildman–Crippen MR) is 142 cm³/mol. The van der Waals surface area contributed by atoms with Gasteiger partial charge in [-0.05, 0) is 84.6 Å². The van der Waals surface area contributed by atoms with Gasteiger partial charge in [-0.1, -0.05) is 0 Å². The summed E-state index contributed by atoms with van der Waals surface area (Å²) in [5, 5.41) is 26.0. The molecule has 0 spiro atoms. The summed E-state index contributed by atoms with van der Waals surface area (Å²) < 4.78 is 24.1. The van der Waals surface area contributed by atoms with Gasteiger partial charge in [-0.25, -0.2) is 9.49 Å². The molecule has 0 N–H and O–H groups in total. The van der Waals surface area contributed by atoms with Gasteiger partial charge in [-0.2, -0.15) is 0 Å². The molecular formula is C20H40N10O2P2. The highest BCUT2D eigenvalue weighted by atomic mass is 31.2. The van der Waals surface area contributed by atoms with Gasteiger partial charge in [0.15, 0.2) is 32.8 Å². The second kappa shape index (κ2) is 10.6. The zero-order valence-electron chi connectivity index (χ0n) is 22.5. The highest BCUT2D eigenvalue weighted by molar-refractivity contribution is 7.59. The van der Waals surface area contributed by atoms with Crippen molar-refractivity contribution in [3.63, 3.8) is 0 Å². The van der Waals surface area contributed by atoms with Crippen molar-refractivity contribution in [3.05, 3.63) is 34.9 Å². The van der Waals surface area contributed by atoms with Gasteiger partial charge in [0.05, 0.1) is 11.4 Å². The van der Waals surface area contributed by atoms with Crippen molar-refractivity contribution in [2.24, 2.45) is 9.49 Å². The maximum absolute atomic E-state index is 12.8. The van der Waals surface area contributed by atoms with Crippen LogP contribution in [0.2, 0.25) is 0 Å². The molecule has 192 valence electrons. The lowest BCUT2D eigenvalue weighted by Crippen LogP contribution is -2.40. The topological polar surface area (TPSA) is 98.0 Å². The first-order chi connectivity index (χ1) is 15.6. The Kier molecular flexibility index (Phi) is 8.88. The van der Waals surface area contributed by atoms with E-state index in [0.29, 0.717) is 26.2 Å². The first kappa shape index (κ1) is 28.6. The Morgan fingerprint density at radius 3 is 1.06 bits per heavy atom. The van der Waals surface area contributed by atoms with E-state index in [2.05, 4.69) is 28.0 Å². The maximum Gasteiger partial charge on any atom is 0.478 e. The van der Waals surface area contributed by atoms with Crippen LogP contribution in [0.3, 0.4) is 0 Å². The van der Waals surface area contributed by atoms with E-state index in [1.165, 1.54) is 12.4 Å². The number of aromatic nitrogens is 2. The first-order valence-electron chi connectivity index (χ1n) is 10.7. The molecule has 2 rings (SSSR count). The Balaban J connectivity index is 3.20. The second-order valence-corrected chi connectivity index (χ2v) is 16.5. The van der Waals surface area contributed by atoms with Crippen molar-refractivity contribution >= 4 is 37.4 Å². The van der Waals surface area contributed by atoms with Gasteiger partial charge >= 0.3 is 5.65 Å². The second-order valence-electron chi connectivity index (χ2n) is 9.11. The summed E-state index contributed by atoms with van der Waals surface area (Å²) in [6.45, 7) is 0. The molecule has 0 saturated heterocycles. The van der Waals surface area contributed by atoms with Gasteiger partial charge in [-0.15, -0.1) is 9.46 Å². The highest BCUT2D eigenvalue weighted by Gasteiger charge is 2.33. The number of pyridine rings is 2. The first-order valence-corrected chi connectivity index (χ1v) is 13.9. The summed E-state index contributed by atoms with van der Waals surface area (Å²) in [7, 11) is 19.1. The summed E-state index contributed by atoms with van der Waals surface area (Å²) in [6.07, 6.45) is 2.67. The molecule has 0 aromatic carbocycles. The number of hydrogen-bond donors (Lipinski definition) is 0. The molecule has 0 fully saturated rings. The minimum Gasteiger partial charge on any atom is -0.614 e. The number of rotatable bonds is 8. The SMILES string of the molecule is CN(C)P(=Nc1cc[n+]([O-])c2c1c(N=P(N(C)C)(N(C)C)N(C)C)cc[n+]2[O-])(N(C)C)N(C)C. The van der Waals surface area contributed by atoms with Gasteiger partial charge in [0.1, 0.15) is 0 Å². The quantitative estimate of drug-likeness (QED) is 0.301. The van der Waals surface area contributed by atoms with Crippen LogP contribution in [0.1, 0.15) is 0 Å². The molecule has 0 radical (unpaired) electrons.